The topological polar surface area (TPSA) is 52.0 Å². The summed E-state index contributed by atoms with van der Waals surface area (Å²) in [5.41, 5.74) is 10.8. The first-order chi connectivity index (χ1) is 3.81. The normalized spacial score (nSPS) is 14.2. The zero-order valence-electron chi connectivity index (χ0n) is 5.56. The number of rotatable bonds is 4. The number of hydrogen-bond donors (Lipinski definition) is 2. The Morgan fingerprint density at radius 3 is 2.50 bits per heavy atom. The van der Waals surface area contributed by atoms with Crippen molar-refractivity contribution >= 4 is 10.2 Å². The zero-order chi connectivity index (χ0) is 6.41. The smallest absolute Gasteiger partial charge is 0.0162 e. The molecule has 0 aliphatic rings. The van der Waals surface area contributed by atoms with E-state index in [9.17, 15) is 0 Å². The van der Waals surface area contributed by atoms with Gasteiger partial charge < -0.3 is 11.5 Å². The highest BCUT2D eigenvalue weighted by molar-refractivity contribution is 6.08. The predicted molar refractivity (Wildman–Crippen MR) is 41.0 cm³/mol. The van der Waals surface area contributed by atoms with Gasteiger partial charge in [-0.2, -0.15) is 0 Å². The summed E-state index contributed by atoms with van der Waals surface area (Å²) in [6.45, 7) is 0.640. The average Bonchev–Trinajstić information content (AvgIpc) is 1.83. The summed E-state index contributed by atoms with van der Waals surface area (Å²) >= 11 is 0. The fourth-order valence-corrected chi connectivity index (χ4v) is 0.992. The fraction of sp³-hybridized carbons (Fsp3) is 1.00. The van der Waals surface area contributed by atoms with Crippen LogP contribution in [0.25, 0.3) is 0 Å². The molecular formula is C5H16N2Si. The van der Waals surface area contributed by atoms with Crippen LogP contribution in [0.5, 0.6) is 0 Å². The largest absolute Gasteiger partial charge is 0.329 e. The van der Waals surface area contributed by atoms with Gasteiger partial charge in [0.05, 0.1) is 0 Å². The van der Waals surface area contributed by atoms with Crippen LogP contribution in [0.2, 0.25) is 6.04 Å². The van der Waals surface area contributed by atoms with Gasteiger partial charge in [-0.25, -0.2) is 0 Å². The van der Waals surface area contributed by atoms with E-state index in [-0.39, 0.29) is 6.04 Å². The van der Waals surface area contributed by atoms with E-state index in [2.05, 4.69) is 0 Å². The maximum atomic E-state index is 5.55. The zero-order valence-corrected chi connectivity index (χ0v) is 7.56. The van der Waals surface area contributed by atoms with Crippen LogP contribution in [-0.2, 0) is 0 Å². The summed E-state index contributed by atoms with van der Waals surface area (Å²) in [4.78, 5) is 0. The maximum Gasteiger partial charge on any atom is 0.0162 e. The number of hydrogen-bond acceptors (Lipinski definition) is 2. The minimum Gasteiger partial charge on any atom is -0.329 e. The van der Waals surface area contributed by atoms with Crippen molar-refractivity contribution in [3.8, 4) is 0 Å². The molecule has 3 heteroatoms. The Kier molecular flexibility index (Phi) is 5.37. The van der Waals surface area contributed by atoms with Crippen molar-refractivity contribution in [2.75, 3.05) is 6.54 Å². The van der Waals surface area contributed by atoms with Gasteiger partial charge in [-0.05, 0) is 6.42 Å². The molecule has 0 fully saturated rings. The van der Waals surface area contributed by atoms with Crippen molar-refractivity contribution in [1.82, 2.24) is 0 Å². The first-order valence-corrected chi connectivity index (χ1v) is 4.68. The summed E-state index contributed by atoms with van der Waals surface area (Å²) < 4.78 is 0. The van der Waals surface area contributed by atoms with Gasteiger partial charge in [0.15, 0.2) is 0 Å². The van der Waals surface area contributed by atoms with E-state index in [0.29, 0.717) is 6.54 Å². The van der Waals surface area contributed by atoms with Gasteiger partial charge in [-0.15, -0.1) is 0 Å². The lowest BCUT2D eigenvalue weighted by Gasteiger charge is -2.04. The third kappa shape index (κ3) is 4.30. The van der Waals surface area contributed by atoms with Gasteiger partial charge in [0.25, 0.3) is 0 Å². The van der Waals surface area contributed by atoms with Crippen LogP contribution < -0.4 is 11.5 Å². The second kappa shape index (κ2) is 5.28. The Balaban J connectivity index is 2.86. The van der Waals surface area contributed by atoms with Crippen molar-refractivity contribution in [2.24, 2.45) is 11.5 Å². The lowest BCUT2D eigenvalue weighted by atomic mass is 10.2. The predicted octanol–water partition coefficient (Wildman–Crippen LogP) is -1.16. The molecule has 4 N–H and O–H groups in total. The van der Waals surface area contributed by atoms with Gasteiger partial charge in [-0.1, -0.05) is 12.5 Å². The van der Waals surface area contributed by atoms with E-state index in [0.717, 1.165) is 6.42 Å². The molecule has 0 saturated heterocycles. The van der Waals surface area contributed by atoms with E-state index in [1.807, 2.05) is 0 Å². The first kappa shape index (κ1) is 8.14. The second-order valence-electron chi connectivity index (χ2n) is 2.14. The van der Waals surface area contributed by atoms with Crippen LogP contribution >= 0.6 is 0 Å². The van der Waals surface area contributed by atoms with Crippen molar-refractivity contribution in [2.45, 2.75) is 24.9 Å². The van der Waals surface area contributed by atoms with E-state index in [4.69, 9.17) is 11.5 Å². The summed E-state index contributed by atoms with van der Waals surface area (Å²) in [6.07, 6.45) is 2.38. The molecule has 0 aliphatic heterocycles. The lowest BCUT2D eigenvalue weighted by molar-refractivity contribution is 0.612. The Morgan fingerprint density at radius 2 is 2.12 bits per heavy atom. The third-order valence-electron chi connectivity index (χ3n) is 1.23. The van der Waals surface area contributed by atoms with Crippen LogP contribution in [0.4, 0.5) is 0 Å². The lowest BCUT2D eigenvalue weighted by Crippen LogP contribution is -2.29. The summed E-state index contributed by atoms with van der Waals surface area (Å²) in [5.74, 6) is 0. The highest BCUT2D eigenvalue weighted by atomic mass is 28.1. The van der Waals surface area contributed by atoms with Gasteiger partial charge >= 0.3 is 0 Å². The molecule has 0 aromatic heterocycles. The third-order valence-corrected chi connectivity index (χ3v) is 1.94. The van der Waals surface area contributed by atoms with Crippen molar-refractivity contribution in [1.29, 1.82) is 0 Å². The Bertz CT molecular complexity index is 49.7. The molecular weight excluding hydrogens is 116 g/mol. The fourth-order valence-electron chi connectivity index (χ4n) is 0.584. The van der Waals surface area contributed by atoms with Crippen molar-refractivity contribution in [3.63, 3.8) is 0 Å². The van der Waals surface area contributed by atoms with Crippen molar-refractivity contribution in [3.05, 3.63) is 0 Å². The minimum absolute atomic E-state index is 0.254. The Labute approximate surface area is 54.0 Å². The molecule has 2 nitrogen and oxygen atoms in total. The average molecular weight is 132 g/mol. The minimum atomic E-state index is 0.254. The Hall–Kier alpha value is 0.137. The molecule has 0 bridgehead atoms. The molecule has 0 radical (unpaired) electrons. The number of nitrogens with two attached hydrogens (primary N) is 2. The maximum absolute atomic E-state index is 5.55. The van der Waals surface area contributed by atoms with Crippen LogP contribution in [0.1, 0.15) is 12.8 Å². The molecule has 0 amide bonds. The van der Waals surface area contributed by atoms with Crippen molar-refractivity contribution < 1.29 is 0 Å². The standard InChI is InChI=1S/C5H16N2Si/c6-4-5(7)2-1-3-8/h5H,1-4,6-7H2,8H3. The summed E-state index contributed by atoms with van der Waals surface area (Å²) in [6, 6.07) is 1.61. The van der Waals surface area contributed by atoms with E-state index in [1.165, 1.54) is 22.7 Å². The van der Waals surface area contributed by atoms with E-state index in [1.54, 1.807) is 0 Å². The highest BCUT2D eigenvalue weighted by Gasteiger charge is 1.95. The van der Waals surface area contributed by atoms with Crippen LogP contribution in [0.3, 0.4) is 0 Å². The Morgan fingerprint density at radius 1 is 1.50 bits per heavy atom. The van der Waals surface area contributed by atoms with Gasteiger partial charge in [0, 0.05) is 22.8 Å². The summed E-state index contributed by atoms with van der Waals surface area (Å²) in [7, 11) is 1.30. The van der Waals surface area contributed by atoms with Gasteiger partial charge in [-0.3, -0.25) is 0 Å². The molecule has 1 unspecified atom stereocenters. The van der Waals surface area contributed by atoms with E-state index >= 15 is 0 Å². The van der Waals surface area contributed by atoms with Gasteiger partial charge in [0.1, 0.15) is 0 Å². The van der Waals surface area contributed by atoms with E-state index < -0.39 is 0 Å². The van der Waals surface area contributed by atoms with Crippen LogP contribution in [0, 0.1) is 0 Å². The second-order valence-corrected chi connectivity index (χ2v) is 3.14. The molecule has 1 atom stereocenters. The molecule has 0 aromatic rings. The molecule has 0 rings (SSSR count). The highest BCUT2D eigenvalue weighted by Crippen LogP contribution is 1.94. The molecule has 50 valence electrons. The molecule has 8 heavy (non-hydrogen) atoms. The first-order valence-electron chi connectivity index (χ1n) is 3.27. The molecule has 0 aromatic carbocycles. The molecule has 0 saturated carbocycles. The van der Waals surface area contributed by atoms with Crippen LogP contribution in [0.15, 0.2) is 0 Å². The van der Waals surface area contributed by atoms with Crippen LogP contribution in [-0.4, -0.2) is 22.8 Å². The molecule has 0 spiro atoms. The summed E-state index contributed by atoms with van der Waals surface area (Å²) in [5, 5.41) is 0. The quantitative estimate of drug-likeness (QED) is 0.474. The monoisotopic (exact) mass is 132 g/mol. The SMILES string of the molecule is NCC(N)CCC[SiH3]. The molecule has 0 aliphatic carbocycles. The molecule has 0 heterocycles. The van der Waals surface area contributed by atoms with Gasteiger partial charge in [0.2, 0.25) is 0 Å².